The van der Waals surface area contributed by atoms with Crippen molar-refractivity contribution in [2.75, 3.05) is 0 Å². The minimum Gasteiger partial charge on any atom is -0.267 e. The van der Waals surface area contributed by atoms with Gasteiger partial charge in [-0.15, -0.1) is 11.3 Å². The van der Waals surface area contributed by atoms with Crippen LogP contribution in [0.4, 0.5) is 11.4 Å². The maximum atomic E-state index is 11.9. The van der Waals surface area contributed by atoms with Gasteiger partial charge < -0.3 is 0 Å². The van der Waals surface area contributed by atoms with E-state index in [9.17, 15) is 25.0 Å². The first-order chi connectivity index (χ1) is 10.9. The van der Waals surface area contributed by atoms with E-state index >= 15 is 0 Å². The van der Waals surface area contributed by atoms with E-state index in [4.69, 9.17) is 0 Å². The molecule has 0 aliphatic carbocycles. The summed E-state index contributed by atoms with van der Waals surface area (Å²) in [6.45, 7) is 1.60. The Morgan fingerprint density at radius 2 is 1.74 bits per heavy atom. The summed E-state index contributed by atoms with van der Waals surface area (Å²) in [5.74, 6) is -0.537. The molecule has 1 aromatic carbocycles. The average Bonchev–Trinajstić information content (AvgIpc) is 3.02. The molecule has 1 heterocycles. The predicted octanol–water partition coefficient (Wildman–Crippen LogP) is 2.72. The van der Waals surface area contributed by atoms with E-state index in [0.29, 0.717) is 10.6 Å². The van der Waals surface area contributed by atoms with Gasteiger partial charge in [0.25, 0.3) is 17.3 Å². The molecule has 0 aliphatic heterocycles. The fourth-order valence-electron chi connectivity index (χ4n) is 1.60. The largest absolute Gasteiger partial charge is 0.280 e. The molecule has 0 atom stereocenters. The summed E-state index contributed by atoms with van der Waals surface area (Å²) in [5.41, 5.74) is 2.77. The van der Waals surface area contributed by atoms with Crippen LogP contribution in [0, 0.1) is 20.2 Å². The van der Waals surface area contributed by atoms with E-state index in [2.05, 4.69) is 10.5 Å². The van der Waals surface area contributed by atoms with Gasteiger partial charge in [0.15, 0.2) is 0 Å². The third kappa shape index (κ3) is 3.95. The lowest BCUT2D eigenvalue weighted by molar-refractivity contribution is -0.384. The monoisotopic (exact) mass is 334 g/mol. The molecule has 0 spiro atoms. The van der Waals surface area contributed by atoms with Crippen LogP contribution in [0.1, 0.15) is 22.2 Å². The number of nitrogens with one attached hydrogen (secondary N) is 1. The maximum Gasteiger partial charge on any atom is 0.280 e. The van der Waals surface area contributed by atoms with Crippen molar-refractivity contribution in [3.05, 3.63) is 66.4 Å². The standard InChI is InChI=1S/C13H10N4O5S/c1-8(12-6-11(7-23-12)17(21)22)14-15-13(18)9-2-4-10(5-3-9)16(19)20/h2-7H,1H3,(H,15,18). The highest BCUT2D eigenvalue weighted by Crippen LogP contribution is 2.21. The Bertz CT molecular complexity index is 797. The molecule has 2 aromatic rings. The number of nitro benzene ring substituents is 1. The molecule has 2 rings (SSSR count). The van der Waals surface area contributed by atoms with Crippen LogP contribution >= 0.6 is 11.3 Å². The number of benzene rings is 1. The Balaban J connectivity index is 2.06. The maximum absolute atomic E-state index is 11.9. The molecular weight excluding hydrogens is 324 g/mol. The molecule has 0 saturated heterocycles. The zero-order chi connectivity index (χ0) is 17.0. The Morgan fingerprint density at radius 3 is 2.26 bits per heavy atom. The van der Waals surface area contributed by atoms with Crippen LogP contribution in [0.15, 0.2) is 40.8 Å². The summed E-state index contributed by atoms with van der Waals surface area (Å²) in [6.07, 6.45) is 0. The second kappa shape index (κ2) is 6.75. The van der Waals surface area contributed by atoms with Crippen LogP contribution in [-0.2, 0) is 0 Å². The van der Waals surface area contributed by atoms with Gasteiger partial charge in [-0.2, -0.15) is 5.10 Å². The van der Waals surface area contributed by atoms with Gasteiger partial charge in [0, 0.05) is 23.8 Å². The van der Waals surface area contributed by atoms with Crippen LogP contribution in [-0.4, -0.2) is 21.5 Å². The number of nitrogens with zero attached hydrogens (tertiary/aromatic N) is 3. The molecule has 118 valence electrons. The van der Waals surface area contributed by atoms with Gasteiger partial charge >= 0.3 is 0 Å². The molecule has 1 amide bonds. The zero-order valence-electron chi connectivity index (χ0n) is 11.8. The molecule has 0 radical (unpaired) electrons. The van der Waals surface area contributed by atoms with Crippen molar-refractivity contribution in [1.29, 1.82) is 0 Å². The number of amides is 1. The van der Waals surface area contributed by atoms with E-state index in [1.165, 1.54) is 35.7 Å². The third-order valence-electron chi connectivity index (χ3n) is 2.82. The van der Waals surface area contributed by atoms with Crippen LogP contribution in [0.3, 0.4) is 0 Å². The summed E-state index contributed by atoms with van der Waals surface area (Å²) in [5, 5.41) is 26.4. The lowest BCUT2D eigenvalue weighted by Gasteiger charge is -2.01. The summed E-state index contributed by atoms with van der Waals surface area (Å²) in [7, 11) is 0. The van der Waals surface area contributed by atoms with Crippen LogP contribution in [0.5, 0.6) is 0 Å². The highest BCUT2D eigenvalue weighted by Gasteiger charge is 2.12. The predicted molar refractivity (Wildman–Crippen MR) is 83.7 cm³/mol. The summed E-state index contributed by atoms with van der Waals surface area (Å²) >= 11 is 1.14. The highest BCUT2D eigenvalue weighted by atomic mass is 32.1. The second-order valence-electron chi connectivity index (χ2n) is 4.37. The molecule has 23 heavy (non-hydrogen) atoms. The quantitative estimate of drug-likeness (QED) is 0.511. The van der Waals surface area contributed by atoms with E-state index in [1.54, 1.807) is 6.92 Å². The van der Waals surface area contributed by atoms with Crippen molar-refractivity contribution in [3.8, 4) is 0 Å². The highest BCUT2D eigenvalue weighted by molar-refractivity contribution is 7.12. The third-order valence-corrected chi connectivity index (χ3v) is 3.85. The fourth-order valence-corrected chi connectivity index (χ4v) is 2.41. The number of rotatable bonds is 5. The topological polar surface area (TPSA) is 128 Å². The van der Waals surface area contributed by atoms with E-state index in [-0.39, 0.29) is 16.9 Å². The molecule has 0 bridgehead atoms. The molecule has 1 N–H and O–H groups in total. The van der Waals surface area contributed by atoms with E-state index < -0.39 is 15.8 Å². The van der Waals surface area contributed by atoms with Crippen molar-refractivity contribution in [3.63, 3.8) is 0 Å². The van der Waals surface area contributed by atoms with E-state index in [1.807, 2.05) is 0 Å². The van der Waals surface area contributed by atoms with Gasteiger partial charge in [-0.3, -0.25) is 25.0 Å². The summed E-state index contributed by atoms with van der Waals surface area (Å²) in [4.78, 5) is 32.5. The fraction of sp³-hybridized carbons (Fsp3) is 0.0769. The van der Waals surface area contributed by atoms with Crippen molar-refractivity contribution in [1.82, 2.24) is 5.43 Å². The first kappa shape index (κ1) is 16.2. The van der Waals surface area contributed by atoms with E-state index in [0.717, 1.165) is 11.3 Å². The minimum absolute atomic E-state index is 0.0405. The Morgan fingerprint density at radius 1 is 1.13 bits per heavy atom. The number of hydrazone groups is 1. The lowest BCUT2D eigenvalue weighted by atomic mass is 10.2. The molecular formula is C13H10N4O5S. The number of thiophene rings is 1. The van der Waals surface area contributed by atoms with Gasteiger partial charge in [-0.1, -0.05) is 0 Å². The summed E-state index contributed by atoms with van der Waals surface area (Å²) < 4.78 is 0. The number of carbonyl (C=O) groups excluding carboxylic acids is 1. The number of hydrogen-bond acceptors (Lipinski definition) is 7. The van der Waals surface area contributed by atoms with Crippen LogP contribution in [0.2, 0.25) is 0 Å². The van der Waals surface area contributed by atoms with Crippen LogP contribution in [0.25, 0.3) is 0 Å². The van der Waals surface area contributed by atoms with Gasteiger partial charge in [-0.25, -0.2) is 5.43 Å². The first-order valence-corrected chi connectivity index (χ1v) is 7.09. The van der Waals surface area contributed by atoms with Crippen molar-refractivity contribution < 1.29 is 14.6 Å². The molecule has 1 aromatic heterocycles. The SMILES string of the molecule is CC(=NNC(=O)c1ccc([N+](=O)[O-])cc1)c1cc([N+](=O)[O-])cs1. The number of hydrogen-bond donors (Lipinski definition) is 1. The zero-order valence-corrected chi connectivity index (χ0v) is 12.6. The second-order valence-corrected chi connectivity index (χ2v) is 5.28. The van der Waals surface area contributed by atoms with Crippen molar-refractivity contribution in [2.24, 2.45) is 5.10 Å². The molecule has 9 nitrogen and oxygen atoms in total. The van der Waals surface area contributed by atoms with Crippen molar-refractivity contribution in [2.45, 2.75) is 6.92 Å². The Kier molecular flexibility index (Phi) is 4.76. The molecule has 0 unspecified atom stereocenters. The lowest BCUT2D eigenvalue weighted by Crippen LogP contribution is -2.19. The van der Waals surface area contributed by atoms with Crippen molar-refractivity contribution >= 4 is 34.3 Å². The Hall–Kier alpha value is -3.14. The minimum atomic E-state index is -0.562. The van der Waals surface area contributed by atoms with Gasteiger partial charge in [0.2, 0.25) is 0 Å². The number of carbonyl (C=O) groups is 1. The first-order valence-electron chi connectivity index (χ1n) is 6.21. The average molecular weight is 334 g/mol. The molecule has 10 heteroatoms. The van der Waals surface area contributed by atoms with Gasteiger partial charge in [0.05, 0.1) is 25.8 Å². The molecule has 0 saturated carbocycles. The summed E-state index contributed by atoms with van der Waals surface area (Å²) in [6, 6.07) is 6.42. The smallest absolute Gasteiger partial charge is 0.267 e. The molecule has 0 aliphatic rings. The van der Waals surface area contributed by atoms with Crippen LogP contribution < -0.4 is 5.43 Å². The van der Waals surface area contributed by atoms with Gasteiger partial charge in [0.1, 0.15) is 0 Å². The Labute approximate surface area is 133 Å². The van der Waals surface area contributed by atoms with Gasteiger partial charge in [-0.05, 0) is 19.1 Å². The molecule has 0 fully saturated rings. The normalized spacial score (nSPS) is 11.1. The number of nitro groups is 2. The number of non-ortho nitro benzene ring substituents is 1.